The van der Waals surface area contributed by atoms with Crippen molar-refractivity contribution in [2.24, 2.45) is 0 Å². The van der Waals surface area contributed by atoms with Crippen LogP contribution in [0, 0.1) is 13.8 Å². The summed E-state index contributed by atoms with van der Waals surface area (Å²) in [5, 5.41) is 2.94. The molecule has 28 heavy (non-hydrogen) atoms. The van der Waals surface area contributed by atoms with Gasteiger partial charge < -0.3 is 5.32 Å². The first kappa shape index (κ1) is 20.1. The number of carbonyl (C=O) groups is 3. The van der Waals surface area contributed by atoms with E-state index in [2.05, 4.69) is 5.32 Å². The summed E-state index contributed by atoms with van der Waals surface area (Å²) in [6.45, 7) is 4.42. The van der Waals surface area contributed by atoms with Crippen molar-refractivity contribution in [2.75, 3.05) is 23.4 Å². The Labute approximate surface area is 169 Å². The first-order valence-corrected chi connectivity index (χ1v) is 10.5. The lowest BCUT2D eigenvalue weighted by atomic mass is 10.1. The van der Waals surface area contributed by atoms with Gasteiger partial charge in [0.1, 0.15) is 0 Å². The molecule has 5 nitrogen and oxygen atoms in total. The van der Waals surface area contributed by atoms with E-state index in [0.29, 0.717) is 23.4 Å². The first-order chi connectivity index (χ1) is 13.5. The summed E-state index contributed by atoms with van der Waals surface area (Å²) in [6.07, 6.45) is 1.58. The van der Waals surface area contributed by atoms with Gasteiger partial charge in [0.05, 0.1) is 16.9 Å². The van der Waals surface area contributed by atoms with Crippen LogP contribution in [-0.2, 0) is 4.79 Å². The second-order valence-corrected chi connectivity index (χ2v) is 8.04. The number of carbonyl (C=O) groups excluding carboxylic acids is 3. The molecule has 0 unspecified atom stereocenters. The fourth-order valence-corrected chi connectivity index (χ4v) is 4.03. The largest absolute Gasteiger partial charge is 0.325 e. The zero-order valence-corrected chi connectivity index (χ0v) is 17.0. The van der Waals surface area contributed by atoms with Crippen molar-refractivity contribution >= 4 is 35.2 Å². The summed E-state index contributed by atoms with van der Waals surface area (Å²) < 4.78 is 0. The fraction of sp³-hybridized carbons (Fsp3) is 0.318. The lowest BCUT2D eigenvalue weighted by molar-refractivity contribution is -0.113. The Morgan fingerprint density at radius 2 is 1.68 bits per heavy atom. The number of hydrogen-bond donors (Lipinski definition) is 1. The average molecular weight is 397 g/mol. The third-order valence-electron chi connectivity index (χ3n) is 4.69. The van der Waals surface area contributed by atoms with Crippen LogP contribution < -0.4 is 5.32 Å². The molecular formula is C22H24N2O3S. The summed E-state index contributed by atoms with van der Waals surface area (Å²) in [6, 6.07) is 12.9. The van der Waals surface area contributed by atoms with Gasteiger partial charge in [-0.1, -0.05) is 29.8 Å². The number of nitrogens with one attached hydrogen (secondary N) is 1. The molecule has 0 atom stereocenters. The van der Waals surface area contributed by atoms with E-state index in [-0.39, 0.29) is 17.7 Å². The van der Waals surface area contributed by atoms with Gasteiger partial charge in [-0.25, -0.2) is 0 Å². The van der Waals surface area contributed by atoms with Crippen LogP contribution in [0.3, 0.4) is 0 Å². The van der Waals surface area contributed by atoms with Gasteiger partial charge >= 0.3 is 0 Å². The lowest BCUT2D eigenvalue weighted by Gasteiger charge is -2.13. The number of aryl methyl sites for hydroxylation is 2. The molecule has 3 amide bonds. The number of rotatable bonds is 8. The Bertz CT molecular complexity index is 875. The van der Waals surface area contributed by atoms with E-state index in [1.165, 1.54) is 10.5 Å². The lowest BCUT2D eigenvalue weighted by Crippen LogP contribution is -2.30. The quantitative estimate of drug-likeness (QED) is 0.540. The molecule has 0 saturated carbocycles. The van der Waals surface area contributed by atoms with Gasteiger partial charge in [0.2, 0.25) is 5.91 Å². The average Bonchev–Trinajstić information content (AvgIpc) is 2.92. The van der Waals surface area contributed by atoms with E-state index < -0.39 is 0 Å². The molecule has 0 saturated heterocycles. The summed E-state index contributed by atoms with van der Waals surface area (Å²) in [7, 11) is 0. The molecular weight excluding hydrogens is 372 g/mol. The maximum atomic E-state index is 12.3. The molecule has 0 spiro atoms. The Morgan fingerprint density at radius 3 is 2.32 bits per heavy atom. The molecule has 1 N–H and O–H groups in total. The fourth-order valence-electron chi connectivity index (χ4n) is 3.22. The third-order valence-corrected chi connectivity index (χ3v) is 5.73. The number of nitrogens with zero attached hydrogens (tertiary/aromatic N) is 1. The van der Waals surface area contributed by atoms with Crippen molar-refractivity contribution in [3.05, 3.63) is 64.7 Å². The molecule has 0 fully saturated rings. The molecule has 2 aromatic carbocycles. The third kappa shape index (κ3) is 4.62. The summed E-state index contributed by atoms with van der Waals surface area (Å²) in [5.41, 5.74) is 4.05. The van der Waals surface area contributed by atoms with E-state index in [4.69, 9.17) is 0 Å². The van der Waals surface area contributed by atoms with Gasteiger partial charge in [0.25, 0.3) is 11.8 Å². The van der Waals surface area contributed by atoms with Crippen LogP contribution in [0.4, 0.5) is 5.69 Å². The number of amides is 3. The molecule has 1 aliphatic rings. The molecule has 0 aromatic heterocycles. The Balaban J connectivity index is 1.35. The van der Waals surface area contributed by atoms with Crippen LogP contribution in [0.2, 0.25) is 0 Å². The standard InChI is InChI=1S/C22H24N2O3S/c1-15-9-10-19(16(2)13-15)23-20(25)14-28-12-6-5-11-24-21(26)17-7-3-4-8-18(17)22(24)27/h3-4,7-10,13H,5-6,11-12,14H2,1-2H3,(H,23,25). The van der Waals surface area contributed by atoms with Crippen molar-refractivity contribution in [1.29, 1.82) is 0 Å². The van der Waals surface area contributed by atoms with Crippen molar-refractivity contribution in [3.8, 4) is 0 Å². The van der Waals surface area contributed by atoms with Gasteiger partial charge in [-0.2, -0.15) is 11.8 Å². The van der Waals surface area contributed by atoms with Crippen LogP contribution in [0.5, 0.6) is 0 Å². The van der Waals surface area contributed by atoms with E-state index >= 15 is 0 Å². The molecule has 6 heteroatoms. The Morgan fingerprint density at radius 1 is 1.00 bits per heavy atom. The van der Waals surface area contributed by atoms with Crippen molar-refractivity contribution in [2.45, 2.75) is 26.7 Å². The molecule has 1 aliphatic heterocycles. The predicted octanol–water partition coefficient (Wildman–Crippen LogP) is 4.05. The van der Waals surface area contributed by atoms with E-state index in [1.807, 2.05) is 32.0 Å². The monoisotopic (exact) mass is 396 g/mol. The van der Waals surface area contributed by atoms with E-state index in [0.717, 1.165) is 29.8 Å². The normalized spacial score (nSPS) is 13.0. The van der Waals surface area contributed by atoms with Crippen LogP contribution >= 0.6 is 11.8 Å². The van der Waals surface area contributed by atoms with Gasteiger partial charge in [-0.3, -0.25) is 19.3 Å². The van der Waals surface area contributed by atoms with E-state index in [1.54, 1.807) is 36.0 Å². The highest BCUT2D eigenvalue weighted by Crippen LogP contribution is 2.23. The highest BCUT2D eigenvalue weighted by atomic mass is 32.2. The number of anilines is 1. The minimum absolute atomic E-state index is 0.0164. The zero-order chi connectivity index (χ0) is 20.1. The molecule has 0 aliphatic carbocycles. The molecule has 0 bridgehead atoms. The van der Waals surface area contributed by atoms with Crippen molar-refractivity contribution in [1.82, 2.24) is 4.90 Å². The second-order valence-electron chi connectivity index (χ2n) is 6.93. The minimum Gasteiger partial charge on any atom is -0.325 e. The summed E-state index contributed by atoms with van der Waals surface area (Å²) >= 11 is 1.56. The smallest absolute Gasteiger partial charge is 0.261 e. The van der Waals surface area contributed by atoms with E-state index in [9.17, 15) is 14.4 Å². The molecule has 1 heterocycles. The van der Waals surface area contributed by atoms with Crippen LogP contribution in [0.15, 0.2) is 42.5 Å². The van der Waals surface area contributed by atoms with Gasteiger partial charge in [0, 0.05) is 12.2 Å². The number of thioether (sulfide) groups is 1. The number of benzene rings is 2. The zero-order valence-electron chi connectivity index (χ0n) is 16.2. The van der Waals surface area contributed by atoms with Crippen molar-refractivity contribution < 1.29 is 14.4 Å². The molecule has 0 radical (unpaired) electrons. The Kier molecular flexibility index (Phi) is 6.52. The molecule has 3 rings (SSSR count). The number of imide groups is 1. The van der Waals surface area contributed by atoms with Gasteiger partial charge in [-0.05, 0) is 56.2 Å². The minimum atomic E-state index is -0.207. The maximum absolute atomic E-state index is 12.3. The highest BCUT2D eigenvalue weighted by molar-refractivity contribution is 7.99. The van der Waals surface area contributed by atoms with Gasteiger partial charge in [-0.15, -0.1) is 0 Å². The second kappa shape index (κ2) is 9.06. The number of unbranched alkanes of at least 4 members (excludes halogenated alkanes) is 1. The SMILES string of the molecule is Cc1ccc(NC(=O)CSCCCCN2C(=O)c3ccccc3C2=O)c(C)c1. The summed E-state index contributed by atoms with van der Waals surface area (Å²) in [5.74, 6) is 0.767. The topological polar surface area (TPSA) is 66.5 Å². The predicted molar refractivity (Wildman–Crippen MR) is 113 cm³/mol. The van der Waals surface area contributed by atoms with Crippen LogP contribution in [0.1, 0.15) is 44.7 Å². The van der Waals surface area contributed by atoms with Crippen LogP contribution in [-0.4, -0.2) is 40.7 Å². The summed E-state index contributed by atoms with van der Waals surface area (Å²) in [4.78, 5) is 38.0. The maximum Gasteiger partial charge on any atom is 0.261 e. The highest BCUT2D eigenvalue weighted by Gasteiger charge is 2.34. The Hall–Kier alpha value is -2.60. The first-order valence-electron chi connectivity index (χ1n) is 9.37. The number of hydrogen-bond acceptors (Lipinski definition) is 4. The van der Waals surface area contributed by atoms with Crippen molar-refractivity contribution in [3.63, 3.8) is 0 Å². The van der Waals surface area contributed by atoms with Crippen LogP contribution in [0.25, 0.3) is 0 Å². The molecule has 2 aromatic rings. The molecule has 146 valence electrons. The number of fused-ring (bicyclic) bond motifs is 1. The van der Waals surface area contributed by atoms with Gasteiger partial charge in [0.15, 0.2) is 0 Å².